The largest absolute Gasteiger partial charge is 0.497 e. The van der Waals surface area contributed by atoms with Crippen LogP contribution in [0.2, 0.25) is 0 Å². The van der Waals surface area contributed by atoms with Gasteiger partial charge in [0.15, 0.2) is 11.6 Å². The van der Waals surface area contributed by atoms with Gasteiger partial charge in [-0.1, -0.05) is 6.07 Å². The van der Waals surface area contributed by atoms with Gasteiger partial charge in [0.1, 0.15) is 17.5 Å². The zero-order valence-corrected chi connectivity index (χ0v) is 15.6. The van der Waals surface area contributed by atoms with E-state index < -0.39 is 29.5 Å². The summed E-state index contributed by atoms with van der Waals surface area (Å²) in [6, 6.07) is 6.87. The fourth-order valence-electron chi connectivity index (χ4n) is 2.45. The molecular formula is C20H20F2N2O4. The summed E-state index contributed by atoms with van der Waals surface area (Å²) in [4.78, 5) is 24.4. The SMILES string of the molecule is CNC(=O)C(NC(=O)C=Cc1ccc(OC)cc1OC)c1ccc(F)c(F)c1. The minimum atomic E-state index is -1.19. The zero-order valence-electron chi connectivity index (χ0n) is 15.6. The normalized spacial score (nSPS) is 11.8. The highest BCUT2D eigenvalue weighted by molar-refractivity contribution is 5.96. The molecule has 2 rings (SSSR count). The third kappa shape index (κ3) is 5.06. The highest BCUT2D eigenvalue weighted by Gasteiger charge is 2.22. The number of benzene rings is 2. The standard InChI is InChI=1S/C20H20F2N2O4/c1-23-20(26)19(13-5-8-15(21)16(22)10-13)24-18(25)9-6-12-4-7-14(27-2)11-17(12)28-3/h4-11,19H,1-3H3,(H,23,26)(H,24,25). The summed E-state index contributed by atoms with van der Waals surface area (Å²) in [6.07, 6.45) is 2.71. The summed E-state index contributed by atoms with van der Waals surface area (Å²) in [5.74, 6) is -2.24. The zero-order chi connectivity index (χ0) is 20.7. The first-order valence-corrected chi connectivity index (χ1v) is 8.26. The molecule has 6 nitrogen and oxygen atoms in total. The monoisotopic (exact) mass is 390 g/mol. The Morgan fingerprint density at radius 1 is 1.04 bits per heavy atom. The van der Waals surface area contributed by atoms with Gasteiger partial charge < -0.3 is 20.1 Å². The van der Waals surface area contributed by atoms with E-state index in [-0.39, 0.29) is 5.56 Å². The maximum atomic E-state index is 13.5. The van der Waals surface area contributed by atoms with Gasteiger partial charge in [0, 0.05) is 24.8 Å². The van der Waals surface area contributed by atoms with Crippen molar-refractivity contribution in [3.63, 3.8) is 0 Å². The lowest BCUT2D eigenvalue weighted by atomic mass is 10.1. The molecule has 0 bridgehead atoms. The third-order valence-electron chi connectivity index (χ3n) is 3.93. The third-order valence-corrected chi connectivity index (χ3v) is 3.93. The molecule has 2 aromatic carbocycles. The average Bonchev–Trinajstić information content (AvgIpc) is 2.71. The molecule has 0 aliphatic heterocycles. The molecule has 2 amide bonds. The molecule has 2 N–H and O–H groups in total. The van der Waals surface area contributed by atoms with E-state index in [0.717, 1.165) is 12.1 Å². The number of methoxy groups -OCH3 is 2. The molecule has 0 saturated carbocycles. The molecule has 0 aromatic heterocycles. The molecule has 28 heavy (non-hydrogen) atoms. The molecular weight excluding hydrogens is 370 g/mol. The van der Waals surface area contributed by atoms with E-state index in [1.807, 2.05) is 0 Å². The quantitative estimate of drug-likeness (QED) is 0.713. The number of carbonyl (C=O) groups excluding carboxylic acids is 2. The fourth-order valence-corrected chi connectivity index (χ4v) is 2.45. The number of ether oxygens (including phenoxy) is 2. The Morgan fingerprint density at radius 2 is 1.79 bits per heavy atom. The molecule has 0 spiro atoms. The predicted molar refractivity (Wildman–Crippen MR) is 99.9 cm³/mol. The van der Waals surface area contributed by atoms with Crippen LogP contribution >= 0.6 is 0 Å². The minimum absolute atomic E-state index is 0.113. The van der Waals surface area contributed by atoms with Crippen LogP contribution in [-0.4, -0.2) is 33.1 Å². The molecule has 0 fully saturated rings. The smallest absolute Gasteiger partial charge is 0.246 e. The Hall–Kier alpha value is -3.42. The van der Waals surface area contributed by atoms with Crippen molar-refractivity contribution in [1.29, 1.82) is 0 Å². The van der Waals surface area contributed by atoms with Crippen LogP contribution in [0.25, 0.3) is 6.08 Å². The lowest BCUT2D eigenvalue weighted by molar-refractivity contribution is -0.126. The Balaban J connectivity index is 2.21. The van der Waals surface area contributed by atoms with Gasteiger partial charge >= 0.3 is 0 Å². The summed E-state index contributed by atoms with van der Waals surface area (Å²) >= 11 is 0. The second-order valence-electron chi connectivity index (χ2n) is 5.67. The Morgan fingerprint density at radius 3 is 2.39 bits per heavy atom. The average molecular weight is 390 g/mol. The van der Waals surface area contributed by atoms with Crippen molar-refractivity contribution in [3.05, 3.63) is 65.2 Å². The van der Waals surface area contributed by atoms with Crippen LogP contribution in [0.1, 0.15) is 17.2 Å². The van der Waals surface area contributed by atoms with Crippen molar-refractivity contribution in [2.24, 2.45) is 0 Å². The second kappa shape index (κ2) is 9.50. The van der Waals surface area contributed by atoms with E-state index in [4.69, 9.17) is 9.47 Å². The van der Waals surface area contributed by atoms with Gasteiger partial charge in [-0.15, -0.1) is 0 Å². The number of amides is 2. The van der Waals surface area contributed by atoms with E-state index in [9.17, 15) is 18.4 Å². The van der Waals surface area contributed by atoms with Crippen LogP contribution in [0.5, 0.6) is 11.5 Å². The van der Waals surface area contributed by atoms with Gasteiger partial charge in [0.05, 0.1) is 14.2 Å². The number of halogens is 2. The second-order valence-corrected chi connectivity index (χ2v) is 5.67. The van der Waals surface area contributed by atoms with Gasteiger partial charge in [-0.25, -0.2) is 8.78 Å². The fraction of sp³-hybridized carbons (Fsp3) is 0.200. The molecule has 0 aliphatic carbocycles. The van der Waals surface area contributed by atoms with E-state index >= 15 is 0 Å². The van der Waals surface area contributed by atoms with Gasteiger partial charge in [-0.2, -0.15) is 0 Å². The molecule has 1 atom stereocenters. The number of likely N-dealkylation sites (N-methyl/N-ethyl adjacent to an activating group) is 1. The van der Waals surface area contributed by atoms with Crippen molar-refractivity contribution in [3.8, 4) is 11.5 Å². The van der Waals surface area contributed by atoms with Crippen molar-refractivity contribution < 1.29 is 27.8 Å². The molecule has 2 aromatic rings. The number of rotatable bonds is 7. The Labute approximate surface area is 161 Å². The molecule has 8 heteroatoms. The van der Waals surface area contributed by atoms with Gasteiger partial charge in [-0.05, 0) is 35.9 Å². The van der Waals surface area contributed by atoms with Gasteiger partial charge in [0.25, 0.3) is 0 Å². The molecule has 0 saturated heterocycles. The summed E-state index contributed by atoms with van der Waals surface area (Å²) in [6.45, 7) is 0. The summed E-state index contributed by atoms with van der Waals surface area (Å²) in [7, 11) is 4.38. The van der Waals surface area contributed by atoms with Crippen molar-refractivity contribution in [1.82, 2.24) is 10.6 Å². The summed E-state index contributed by atoms with van der Waals surface area (Å²) in [5, 5.41) is 4.85. The highest BCUT2D eigenvalue weighted by atomic mass is 19.2. The van der Waals surface area contributed by atoms with Crippen molar-refractivity contribution in [2.45, 2.75) is 6.04 Å². The first-order valence-electron chi connectivity index (χ1n) is 8.26. The summed E-state index contributed by atoms with van der Waals surface area (Å²) in [5.41, 5.74) is 0.727. The molecule has 148 valence electrons. The highest BCUT2D eigenvalue weighted by Crippen LogP contribution is 2.25. The van der Waals surface area contributed by atoms with Crippen LogP contribution in [0.4, 0.5) is 8.78 Å². The summed E-state index contributed by atoms with van der Waals surface area (Å²) < 4.78 is 37.0. The van der Waals surface area contributed by atoms with E-state index in [1.165, 1.54) is 39.5 Å². The first-order chi connectivity index (χ1) is 13.4. The van der Waals surface area contributed by atoms with Crippen LogP contribution in [0, 0.1) is 11.6 Å². The lowest BCUT2D eigenvalue weighted by Crippen LogP contribution is -2.38. The Bertz CT molecular complexity index is 900. The maximum absolute atomic E-state index is 13.5. The van der Waals surface area contributed by atoms with Crippen LogP contribution in [0.3, 0.4) is 0 Å². The first kappa shape index (κ1) is 20.9. The minimum Gasteiger partial charge on any atom is -0.497 e. The number of carbonyl (C=O) groups is 2. The van der Waals surface area contributed by atoms with E-state index in [0.29, 0.717) is 17.1 Å². The maximum Gasteiger partial charge on any atom is 0.246 e. The van der Waals surface area contributed by atoms with Gasteiger partial charge in [-0.3, -0.25) is 9.59 Å². The Kier molecular flexibility index (Phi) is 7.08. The van der Waals surface area contributed by atoms with E-state index in [2.05, 4.69) is 10.6 Å². The lowest BCUT2D eigenvalue weighted by Gasteiger charge is -2.17. The van der Waals surface area contributed by atoms with Crippen molar-refractivity contribution in [2.75, 3.05) is 21.3 Å². The predicted octanol–water partition coefficient (Wildman–Crippen LogP) is 2.60. The number of hydrogen-bond acceptors (Lipinski definition) is 4. The molecule has 0 radical (unpaired) electrons. The van der Waals surface area contributed by atoms with Crippen LogP contribution in [0.15, 0.2) is 42.5 Å². The van der Waals surface area contributed by atoms with E-state index in [1.54, 1.807) is 18.2 Å². The molecule has 0 heterocycles. The molecule has 0 aliphatic rings. The van der Waals surface area contributed by atoms with Crippen LogP contribution < -0.4 is 20.1 Å². The van der Waals surface area contributed by atoms with Crippen LogP contribution in [-0.2, 0) is 9.59 Å². The topological polar surface area (TPSA) is 76.7 Å². The van der Waals surface area contributed by atoms with Crippen molar-refractivity contribution >= 4 is 17.9 Å². The molecule has 1 unspecified atom stereocenters. The van der Waals surface area contributed by atoms with Gasteiger partial charge in [0.2, 0.25) is 11.8 Å². The number of nitrogens with one attached hydrogen (secondary N) is 2. The number of hydrogen-bond donors (Lipinski definition) is 2.